The van der Waals surface area contributed by atoms with E-state index in [1.54, 1.807) is 0 Å². The van der Waals surface area contributed by atoms with Gasteiger partial charge in [0.25, 0.3) is 0 Å². The molecule has 0 amide bonds. The molecular formula is C34H54N6. The molecule has 220 valence electrons. The van der Waals surface area contributed by atoms with Crippen molar-refractivity contribution >= 4 is 23.8 Å². The van der Waals surface area contributed by atoms with Crippen LogP contribution in [0.15, 0.2) is 58.5 Å². The van der Waals surface area contributed by atoms with Gasteiger partial charge in [-0.25, -0.2) is 0 Å². The standard InChI is InChI=1S/C34H54N6/c1-7-39(8-2)25-11-13-27(5)37-33(35)31-21-17-29(18-22-31)15-16-30-19-23-32(24-20-30)34(36)38-28(6)14-12-26-40(9-3)10-4/h15-24,27-28H,7-14,25-26H2,1-6H3,(H2,35,37)(H2,36,38)/b16-15+. The van der Waals surface area contributed by atoms with Gasteiger partial charge < -0.3 is 21.3 Å². The van der Waals surface area contributed by atoms with Crippen LogP contribution in [-0.4, -0.2) is 72.8 Å². The van der Waals surface area contributed by atoms with E-state index in [4.69, 9.17) is 21.5 Å². The number of rotatable bonds is 18. The number of aliphatic imine (C=N–C) groups is 2. The lowest BCUT2D eigenvalue weighted by Crippen LogP contribution is -2.24. The molecule has 0 fully saturated rings. The Kier molecular flexibility index (Phi) is 15.3. The molecule has 6 heteroatoms. The molecule has 0 heterocycles. The summed E-state index contributed by atoms with van der Waals surface area (Å²) in [6.45, 7) is 19.8. The summed E-state index contributed by atoms with van der Waals surface area (Å²) in [4.78, 5) is 14.3. The second-order valence-electron chi connectivity index (χ2n) is 10.6. The Morgan fingerprint density at radius 3 is 1.25 bits per heavy atom. The minimum absolute atomic E-state index is 0.220. The second kappa shape index (κ2) is 18.4. The van der Waals surface area contributed by atoms with E-state index in [0.29, 0.717) is 11.7 Å². The quantitative estimate of drug-likeness (QED) is 0.131. The Morgan fingerprint density at radius 1 is 0.625 bits per heavy atom. The van der Waals surface area contributed by atoms with Gasteiger partial charge in [0, 0.05) is 23.2 Å². The van der Waals surface area contributed by atoms with Gasteiger partial charge in [-0.05, 0) is 89.9 Å². The fourth-order valence-corrected chi connectivity index (χ4v) is 4.78. The summed E-state index contributed by atoms with van der Waals surface area (Å²) in [5.74, 6) is 1.22. The first-order valence-electron chi connectivity index (χ1n) is 15.3. The van der Waals surface area contributed by atoms with Crippen molar-refractivity contribution in [2.45, 2.75) is 79.3 Å². The fourth-order valence-electron chi connectivity index (χ4n) is 4.78. The molecule has 0 spiro atoms. The Bertz CT molecular complexity index is 961. The molecule has 2 aromatic carbocycles. The lowest BCUT2D eigenvalue weighted by molar-refractivity contribution is 0.294. The van der Waals surface area contributed by atoms with E-state index in [2.05, 4.69) is 87.8 Å². The van der Waals surface area contributed by atoms with E-state index in [9.17, 15) is 0 Å². The first-order valence-corrected chi connectivity index (χ1v) is 15.3. The third-order valence-electron chi connectivity index (χ3n) is 7.58. The van der Waals surface area contributed by atoms with Crippen LogP contribution in [0.2, 0.25) is 0 Å². The Labute approximate surface area is 244 Å². The van der Waals surface area contributed by atoms with Crippen LogP contribution in [-0.2, 0) is 0 Å². The van der Waals surface area contributed by atoms with E-state index in [1.165, 1.54) is 0 Å². The summed E-state index contributed by atoms with van der Waals surface area (Å²) in [5.41, 5.74) is 16.8. The molecule has 2 aromatic rings. The largest absolute Gasteiger partial charge is 0.383 e. The van der Waals surface area contributed by atoms with Crippen molar-refractivity contribution in [2.75, 3.05) is 39.3 Å². The van der Waals surface area contributed by atoms with Gasteiger partial charge >= 0.3 is 0 Å². The first kappa shape index (κ1) is 33.2. The minimum atomic E-state index is 0.220. The topological polar surface area (TPSA) is 83.2 Å². The molecule has 2 atom stereocenters. The number of hydrogen-bond acceptors (Lipinski definition) is 4. The molecule has 2 unspecified atom stereocenters. The highest BCUT2D eigenvalue weighted by Gasteiger charge is 2.07. The zero-order valence-electron chi connectivity index (χ0n) is 25.9. The summed E-state index contributed by atoms with van der Waals surface area (Å²) < 4.78 is 0. The van der Waals surface area contributed by atoms with Gasteiger partial charge in [0.05, 0.1) is 0 Å². The summed E-state index contributed by atoms with van der Waals surface area (Å²) in [5, 5.41) is 0. The molecule has 0 aliphatic carbocycles. The summed E-state index contributed by atoms with van der Waals surface area (Å²) in [6.07, 6.45) is 8.59. The van der Waals surface area contributed by atoms with Crippen LogP contribution in [0.3, 0.4) is 0 Å². The second-order valence-corrected chi connectivity index (χ2v) is 10.6. The number of amidine groups is 2. The van der Waals surface area contributed by atoms with Gasteiger partial charge in [0.15, 0.2) is 0 Å². The van der Waals surface area contributed by atoms with Crippen LogP contribution in [0.1, 0.15) is 89.5 Å². The van der Waals surface area contributed by atoms with Crippen molar-refractivity contribution in [2.24, 2.45) is 21.5 Å². The van der Waals surface area contributed by atoms with Crippen molar-refractivity contribution in [3.05, 3.63) is 70.8 Å². The number of hydrogen-bond donors (Lipinski definition) is 2. The van der Waals surface area contributed by atoms with Gasteiger partial charge in [-0.3, -0.25) is 9.98 Å². The molecule has 0 radical (unpaired) electrons. The van der Waals surface area contributed by atoms with Gasteiger partial charge in [-0.1, -0.05) is 88.4 Å². The molecular weight excluding hydrogens is 492 g/mol. The number of benzene rings is 2. The highest BCUT2D eigenvalue weighted by atomic mass is 15.1. The van der Waals surface area contributed by atoms with Crippen LogP contribution in [0.25, 0.3) is 12.2 Å². The minimum Gasteiger partial charge on any atom is -0.383 e. The maximum absolute atomic E-state index is 6.31. The maximum atomic E-state index is 6.31. The molecule has 6 nitrogen and oxygen atoms in total. The van der Waals surface area contributed by atoms with Gasteiger partial charge in [-0.2, -0.15) is 0 Å². The zero-order chi connectivity index (χ0) is 29.3. The van der Waals surface area contributed by atoms with Crippen LogP contribution in [0.4, 0.5) is 0 Å². The number of nitrogens with two attached hydrogens (primary N) is 2. The van der Waals surface area contributed by atoms with E-state index in [-0.39, 0.29) is 12.1 Å². The Morgan fingerprint density at radius 2 is 0.950 bits per heavy atom. The summed E-state index contributed by atoms with van der Waals surface area (Å²) >= 11 is 0. The maximum Gasteiger partial charge on any atom is 0.125 e. The monoisotopic (exact) mass is 546 g/mol. The van der Waals surface area contributed by atoms with Gasteiger partial charge in [0.1, 0.15) is 11.7 Å². The SMILES string of the molecule is CCN(CC)CCCC(C)N=C(N)c1ccc(/C=C/c2ccc(C(N)=NC(C)CCCN(CC)CC)cc2)cc1. The molecule has 4 N–H and O–H groups in total. The highest BCUT2D eigenvalue weighted by Crippen LogP contribution is 2.13. The molecule has 0 aromatic heterocycles. The van der Waals surface area contributed by atoms with Crippen LogP contribution >= 0.6 is 0 Å². The van der Waals surface area contributed by atoms with Crippen molar-refractivity contribution in [1.82, 2.24) is 9.80 Å². The van der Waals surface area contributed by atoms with Crippen molar-refractivity contribution in [3.63, 3.8) is 0 Å². The average molecular weight is 547 g/mol. The average Bonchev–Trinajstić information content (AvgIpc) is 2.97. The Hall–Kier alpha value is -2.96. The third-order valence-corrected chi connectivity index (χ3v) is 7.58. The van der Waals surface area contributed by atoms with Crippen molar-refractivity contribution in [1.29, 1.82) is 0 Å². The third kappa shape index (κ3) is 12.1. The molecule has 0 aliphatic rings. The molecule has 40 heavy (non-hydrogen) atoms. The predicted octanol–water partition coefficient (Wildman–Crippen LogP) is 6.29. The lowest BCUT2D eigenvalue weighted by atomic mass is 10.1. The number of nitrogens with zero attached hydrogens (tertiary/aromatic N) is 4. The molecule has 0 aliphatic heterocycles. The van der Waals surface area contributed by atoms with E-state index < -0.39 is 0 Å². The molecule has 2 rings (SSSR count). The van der Waals surface area contributed by atoms with Crippen LogP contribution in [0.5, 0.6) is 0 Å². The smallest absolute Gasteiger partial charge is 0.125 e. The van der Waals surface area contributed by atoms with E-state index >= 15 is 0 Å². The molecule has 0 saturated carbocycles. The zero-order valence-corrected chi connectivity index (χ0v) is 25.9. The summed E-state index contributed by atoms with van der Waals surface area (Å²) in [7, 11) is 0. The lowest BCUT2D eigenvalue weighted by Gasteiger charge is -2.18. The van der Waals surface area contributed by atoms with Crippen molar-refractivity contribution < 1.29 is 0 Å². The van der Waals surface area contributed by atoms with E-state index in [1.807, 2.05) is 24.3 Å². The van der Waals surface area contributed by atoms with Crippen LogP contribution in [0, 0.1) is 0 Å². The van der Waals surface area contributed by atoms with Crippen molar-refractivity contribution in [3.8, 4) is 0 Å². The normalized spacial score (nSPS) is 14.4. The van der Waals surface area contributed by atoms with E-state index in [0.717, 1.165) is 87.2 Å². The van der Waals surface area contributed by atoms with Gasteiger partial charge in [0.2, 0.25) is 0 Å². The van der Waals surface area contributed by atoms with Crippen LogP contribution < -0.4 is 11.5 Å². The molecule has 0 saturated heterocycles. The van der Waals surface area contributed by atoms with Gasteiger partial charge in [-0.15, -0.1) is 0 Å². The highest BCUT2D eigenvalue weighted by molar-refractivity contribution is 5.98. The first-order chi connectivity index (χ1) is 19.3. The Balaban J connectivity index is 1.88. The fraction of sp³-hybridized carbons (Fsp3) is 0.529. The predicted molar refractivity (Wildman–Crippen MR) is 176 cm³/mol. The summed E-state index contributed by atoms with van der Waals surface area (Å²) in [6, 6.07) is 17.0. The molecule has 0 bridgehead atoms.